The van der Waals surface area contributed by atoms with E-state index in [9.17, 15) is 0 Å². The number of anilines is 1. The highest BCUT2D eigenvalue weighted by molar-refractivity contribution is 5.55. The maximum atomic E-state index is 4.63. The van der Waals surface area contributed by atoms with E-state index in [2.05, 4.69) is 25.1 Å². The van der Waals surface area contributed by atoms with Gasteiger partial charge in [0.2, 0.25) is 5.95 Å². The van der Waals surface area contributed by atoms with E-state index in [-0.39, 0.29) is 0 Å². The Labute approximate surface area is 134 Å². The molecule has 116 valence electrons. The Balaban J connectivity index is 1.58. The molecule has 0 unspecified atom stereocenters. The van der Waals surface area contributed by atoms with E-state index in [4.69, 9.17) is 0 Å². The molecule has 0 spiro atoms. The molecular weight excluding hydrogens is 288 g/mol. The number of aromatic nitrogens is 5. The molecule has 23 heavy (non-hydrogen) atoms. The van der Waals surface area contributed by atoms with Crippen LogP contribution in [-0.4, -0.2) is 32.2 Å². The smallest absolute Gasteiger partial charge is 0.226 e. The van der Waals surface area contributed by atoms with Crippen LogP contribution in [0.5, 0.6) is 0 Å². The SMILES string of the molecule is CN(Cc1n[nH]c2c1CCC2)c1nccc(-c2ccccn2)n1. The normalized spacial score (nSPS) is 13.1. The fourth-order valence-electron chi connectivity index (χ4n) is 3.00. The molecule has 0 amide bonds. The molecule has 6 heteroatoms. The van der Waals surface area contributed by atoms with Crippen LogP contribution in [0.15, 0.2) is 36.7 Å². The van der Waals surface area contributed by atoms with Gasteiger partial charge < -0.3 is 4.90 Å². The van der Waals surface area contributed by atoms with Gasteiger partial charge in [-0.15, -0.1) is 0 Å². The van der Waals surface area contributed by atoms with Crippen molar-refractivity contribution < 1.29 is 0 Å². The standard InChI is InChI=1S/C17H18N6/c1-23(11-16-12-5-4-7-13(12)21-22-16)17-19-10-8-15(20-17)14-6-2-3-9-18-14/h2-3,6,8-10H,4-5,7,11H2,1H3,(H,21,22). The Morgan fingerprint density at radius 2 is 2.04 bits per heavy atom. The van der Waals surface area contributed by atoms with Crippen LogP contribution in [0.4, 0.5) is 5.95 Å². The molecule has 1 aliphatic rings. The van der Waals surface area contributed by atoms with Gasteiger partial charge in [0.05, 0.1) is 23.6 Å². The molecule has 0 saturated carbocycles. The predicted octanol–water partition coefficient (Wildman–Crippen LogP) is 2.39. The summed E-state index contributed by atoms with van der Waals surface area (Å²) in [6, 6.07) is 7.69. The molecular formula is C17H18N6. The molecule has 1 N–H and O–H groups in total. The lowest BCUT2D eigenvalue weighted by Crippen LogP contribution is -2.20. The fourth-order valence-corrected chi connectivity index (χ4v) is 3.00. The van der Waals surface area contributed by atoms with Crippen LogP contribution in [0.25, 0.3) is 11.4 Å². The van der Waals surface area contributed by atoms with Gasteiger partial charge in [-0.1, -0.05) is 6.07 Å². The van der Waals surface area contributed by atoms with Gasteiger partial charge in [0, 0.05) is 25.1 Å². The molecule has 0 atom stereocenters. The fraction of sp³-hybridized carbons (Fsp3) is 0.294. The van der Waals surface area contributed by atoms with E-state index < -0.39 is 0 Å². The van der Waals surface area contributed by atoms with E-state index in [0.29, 0.717) is 12.5 Å². The minimum Gasteiger partial charge on any atom is -0.338 e. The highest BCUT2D eigenvalue weighted by Gasteiger charge is 2.20. The van der Waals surface area contributed by atoms with E-state index in [1.165, 1.54) is 17.7 Å². The number of nitrogens with one attached hydrogen (secondary N) is 1. The summed E-state index contributed by atoms with van der Waals surface area (Å²) in [7, 11) is 1.99. The van der Waals surface area contributed by atoms with Crippen LogP contribution in [0, 0.1) is 0 Å². The Morgan fingerprint density at radius 3 is 2.91 bits per heavy atom. The molecule has 0 aromatic carbocycles. The van der Waals surface area contributed by atoms with Gasteiger partial charge >= 0.3 is 0 Å². The van der Waals surface area contributed by atoms with Gasteiger partial charge in [-0.25, -0.2) is 9.97 Å². The van der Waals surface area contributed by atoms with Crippen LogP contribution in [-0.2, 0) is 19.4 Å². The zero-order valence-corrected chi connectivity index (χ0v) is 13.0. The number of H-pyrrole nitrogens is 1. The Morgan fingerprint density at radius 1 is 1.09 bits per heavy atom. The Kier molecular flexibility index (Phi) is 3.49. The molecule has 6 nitrogen and oxygen atoms in total. The first-order valence-electron chi connectivity index (χ1n) is 7.82. The lowest BCUT2D eigenvalue weighted by molar-refractivity contribution is 0.796. The summed E-state index contributed by atoms with van der Waals surface area (Å²) in [6.45, 7) is 0.706. The van der Waals surface area contributed by atoms with Crippen molar-refractivity contribution in [2.24, 2.45) is 0 Å². The second-order valence-corrected chi connectivity index (χ2v) is 5.79. The largest absolute Gasteiger partial charge is 0.338 e. The molecule has 0 fully saturated rings. The molecule has 0 aliphatic heterocycles. The van der Waals surface area contributed by atoms with E-state index >= 15 is 0 Å². The highest BCUT2D eigenvalue weighted by atomic mass is 15.2. The Bertz CT molecular complexity index is 811. The zero-order chi connectivity index (χ0) is 15.6. The maximum absolute atomic E-state index is 4.63. The van der Waals surface area contributed by atoms with Crippen LogP contribution in [0.1, 0.15) is 23.4 Å². The Hall–Kier alpha value is -2.76. The maximum Gasteiger partial charge on any atom is 0.226 e. The van der Waals surface area contributed by atoms with E-state index in [1.807, 2.05) is 36.2 Å². The van der Waals surface area contributed by atoms with Crippen molar-refractivity contribution in [3.63, 3.8) is 0 Å². The van der Waals surface area contributed by atoms with Crippen molar-refractivity contribution in [2.75, 3.05) is 11.9 Å². The zero-order valence-electron chi connectivity index (χ0n) is 13.0. The molecule has 4 rings (SSSR count). The highest BCUT2D eigenvalue weighted by Crippen LogP contribution is 2.24. The molecule has 3 heterocycles. The summed E-state index contributed by atoms with van der Waals surface area (Å²) in [5.74, 6) is 0.683. The lowest BCUT2D eigenvalue weighted by atomic mass is 10.2. The summed E-state index contributed by atoms with van der Waals surface area (Å²) in [6.07, 6.45) is 6.99. The summed E-state index contributed by atoms with van der Waals surface area (Å²) in [4.78, 5) is 15.4. The van der Waals surface area contributed by atoms with Crippen molar-refractivity contribution >= 4 is 5.95 Å². The number of hydrogen-bond donors (Lipinski definition) is 1. The predicted molar refractivity (Wildman–Crippen MR) is 88.0 cm³/mol. The van der Waals surface area contributed by atoms with Crippen LogP contribution in [0.3, 0.4) is 0 Å². The summed E-state index contributed by atoms with van der Waals surface area (Å²) in [5, 5.41) is 7.60. The van der Waals surface area contributed by atoms with Gasteiger partial charge in [-0.05, 0) is 43.0 Å². The van der Waals surface area contributed by atoms with Crippen molar-refractivity contribution in [2.45, 2.75) is 25.8 Å². The van der Waals surface area contributed by atoms with Gasteiger partial charge in [-0.2, -0.15) is 5.10 Å². The molecule has 1 aliphatic carbocycles. The van der Waals surface area contributed by atoms with Gasteiger partial charge in [-0.3, -0.25) is 10.1 Å². The number of fused-ring (bicyclic) bond motifs is 1. The first-order valence-corrected chi connectivity index (χ1v) is 7.82. The third-order valence-corrected chi connectivity index (χ3v) is 4.19. The second-order valence-electron chi connectivity index (χ2n) is 5.79. The quantitative estimate of drug-likeness (QED) is 0.801. The summed E-state index contributed by atoms with van der Waals surface area (Å²) >= 11 is 0. The average Bonchev–Trinajstić information content (AvgIpc) is 3.21. The number of pyridine rings is 1. The average molecular weight is 306 g/mol. The minimum atomic E-state index is 0.683. The van der Waals surface area contributed by atoms with Crippen LogP contribution >= 0.6 is 0 Å². The van der Waals surface area contributed by atoms with Crippen molar-refractivity contribution in [3.8, 4) is 11.4 Å². The number of rotatable bonds is 4. The molecule has 0 radical (unpaired) electrons. The van der Waals surface area contributed by atoms with Gasteiger partial charge in [0.1, 0.15) is 0 Å². The topological polar surface area (TPSA) is 70.6 Å². The van der Waals surface area contributed by atoms with Gasteiger partial charge in [0.25, 0.3) is 0 Å². The summed E-state index contributed by atoms with van der Waals surface area (Å²) < 4.78 is 0. The first-order chi connectivity index (χ1) is 11.3. The monoisotopic (exact) mass is 306 g/mol. The second kappa shape index (κ2) is 5.79. The first kappa shape index (κ1) is 13.9. The van der Waals surface area contributed by atoms with Crippen molar-refractivity contribution in [3.05, 3.63) is 53.6 Å². The minimum absolute atomic E-state index is 0.683. The number of aromatic amines is 1. The lowest BCUT2D eigenvalue weighted by Gasteiger charge is -2.16. The van der Waals surface area contributed by atoms with Crippen LogP contribution < -0.4 is 4.90 Å². The number of nitrogens with zero attached hydrogens (tertiary/aromatic N) is 5. The van der Waals surface area contributed by atoms with E-state index in [0.717, 1.165) is 29.9 Å². The van der Waals surface area contributed by atoms with Crippen molar-refractivity contribution in [1.29, 1.82) is 0 Å². The van der Waals surface area contributed by atoms with Crippen molar-refractivity contribution in [1.82, 2.24) is 25.1 Å². The van der Waals surface area contributed by atoms with Gasteiger partial charge in [0.15, 0.2) is 0 Å². The third-order valence-electron chi connectivity index (χ3n) is 4.19. The molecule has 3 aromatic heterocycles. The molecule has 3 aromatic rings. The molecule has 0 saturated heterocycles. The van der Waals surface area contributed by atoms with Crippen LogP contribution in [0.2, 0.25) is 0 Å². The third kappa shape index (κ3) is 2.67. The number of hydrogen-bond acceptors (Lipinski definition) is 5. The number of aryl methyl sites for hydroxylation is 1. The molecule has 0 bridgehead atoms. The summed E-state index contributed by atoms with van der Waals surface area (Å²) in [5.41, 5.74) is 5.45. The van der Waals surface area contributed by atoms with E-state index in [1.54, 1.807) is 12.4 Å².